The van der Waals surface area contributed by atoms with Gasteiger partial charge in [-0.1, -0.05) is 47.5 Å². The number of halogens is 1. The predicted molar refractivity (Wildman–Crippen MR) is 122 cm³/mol. The van der Waals surface area contributed by atoms with Crippen LogP contribution in [0.1, 0.15) is 16.7 Å². The molecule has 0 fully saturated rings. The standard InChI is InChI=1S/C24H27ClN2O4/c1-16-5-8-18(9-6-16)21-22(26(11-13-30-3)12-14-31-4)24(29)27(23(21)28)20-15-19(25)10-7-17(20)2/h5-10,15H,11-14H2,1-4H3. The Morgan fingerprint density at radius 1 is 0.903 bits per heavy atom. The van der Waals surface area contributed by atoms with Crippen LogP contribution in [-0.4, -0.2) is 57.2 Å². The Bertz CT molecular complexity index is 993. The molecule has 2 aromatic carbocycles. The van der Waals surface area contributed by atoms with Crippen LogP contribution in [0.15, 0.2) is 48.2 Å². The van der Waals surface area contributed by atoms with E-state index >= 15 is 0 Å². The number of imide groups is 1. The van der Waals surface area contributed by atoms with Crippen LogP contribution in [0.25, 0.3) is 5.57 Å². The molecule has 0 spiro atoms. The highest BCUT2D eigenvalue weighted by Crippen LogP contribution is 2.37. The molecule has 6 nitrogen and oxygen atoms in total. The number of rotatable bonds is 9. The van der Waals surface area contributed by atoms with E-state index in [4.69, 9.17) is 21.1 Å². The number of benzene rings is 2. The Morgan fingerprint density at radius 2 is 1.52 bits per heavy atom. The Labute approximate surface area is 188 Å². The third-order valence-corrected chi connectivity index (χ3v) is 5.49. The third-order valence-electron chi connectivity index (χ3n) is 5.26. The fourth-order valence-electron chi connectivity index (χ4n) is 3.57. The molecule has 1 aliphatic rings. The maximum atomic E-state index is 13.7. The number of methoxy groups -OCH3 is 2. The molecule has 7 heteroatoms. The van der Waals surface area contributed by atoms with Gasteiger partial charge in [0.25, 0.3) is 11.8 Å². The SMILES string of the molecule is COCCN(CCOC)C1=C(c2ccc(C)cc2)C(=O)N(c2cc(Cl)ccc2C)C1=O. The number of carbonyl (C=O) groups excluding carboxylic acids is 2. The molecule has 0 radical (unpaired) electrons. The van der Waals surface area contributed by atoms with Crippen LogP contribution in [0.5, 0.6) is 0 Å². The van der Waals surface area contributed by atoms with Gasteiger partial charge in [0.05, 0.1) is 24.5 Å². The molecule has 0 N–H and O–H groups in total. The molecule has 0 unspecified atom stereocenters. The summed E-state index contributed by atoms with van der Waals surface area (Å²) < 4.78 is 10.5. The molecule has 2 aromatic rings. The van der Waals surface area contributed by atoms with Gasteiger partial charge in [-0.25, -0.2) is 4.90 Å². The number of hydrogen-bond donors (Lipinski definition) is 0. The Balaban J connectivity index is 2.16. The van der Waals surface area contributed by atoms with Crippen LogP contribution < -0.4 is 4.90 Å². The van der Waals surface area contributed by atoms with Crippen LogP contribution in [-0.2, 0) is 19.1 Å². The minimum Gasteiger partial charge on any atom is -0.383 e. The maximum absolute atomic E-state index is 13.7. The van der Waals surface area contributed by atoms with Gasteiger partial charge in [-0.3, -0.25) is 9.59 Å². The molecule has 31 heavy (non-hydrogen) atoms. The average molecular weight is 443 g/mol. The lowest BCUT2D eigenvalue weighted by Crippen LogP contribution is -2.38. The van der Waals surface area contributed by atoms with E-state index in [1.807, 2.05) is 43.0 Å². The van der Waals surface area contributed by atoms with Crippen molar-refractivity contribution in [3.8, 4) is 0 Å². The predicted octanol–water partition coefficient (Wildman–Crippen LogP) is 3.84. The van der Waals surface area contributed by atoms with Gasteiger partial charge in [-0.15, -0.1) is 0 Å². The van der Waals surface area contributed by atoms with Gasteiger partial charge in [0.1, 0.15) is 5.70 Å². The van der Waals surface area contributed by atoms with E-state index in [1.165, 1.54) is 4.90 Å². The van der Waals surface area contributed by atoms with Gasteiger partial charge in [0.2, 0.25) is 0 Å². The molecule has 0 bridgehead atoms. The Kier molecular flexibility index (Phi) is 7.49. The van der Waals surface area contributed by atoms with Crippen molar-refractivity contribution in [2.75, 3.05) is 45.4 Å². The monoisotopic (exact) mass is 442 g/mol. The van der Waals surface area contributed by atoms with Gasteiger partial charge >= 0.3 is 0 Å². The van der Waals surface area contributed by atoms with E-state index in [0.29, 0.717) is 53.8 Å². The van der Waals surface area contributed by atoms with E-state index in [2.05, 4.69) is 0 Å². The van der Waals surface area contributed by atoms with Crippen molar-refractivity contribution in [2.24, 2.45) is 0 Å². The quantitative estimate of drug-likeness (QED) is 0.552. The fourth-order valence-corrected chi connectivity index (χ4v) is 3.74. The second-order valence-corrected chi connectivity index (χ2v) is 7.88. The number of carbonyl (C=O) groups is 2. The lowest BCUT2D eigenvalue weighted by Gasteiger charge is -2.26. The molecule has 0 atom stereocenters. The van der Waals surface area contributed by atoms with Crippen LogP contribution >= 0.6 is 11.6 Å². The summed E-state index contributed by atoms with van der Waals surface area (Å²) >= 11 is 6.19. The van der Waals surface area contributed by atoms with Crippen molar-refractivity contribution in [2.45, 2.75) is 13.8 Å². The topological polar surface area (TPSA) is 59.1 Å². The van der Waals surface area contributed by atoms with Crippen molar-refractivity contribution in [3.63, 3.8) is 0 Å². The van der Waals surface area contributed by atoms with Gasteiger partial charge in [0.15, 0.2) is 0 Å². The summed E-state index contributed by atoms with van der Waals surface area (Å²) in [4.78, 5) is 30.4. The fraction of sp³-hybridized carbons (Fsp3) is 0.333. The van der Waals surface area contributed by atoms with Crippen molar-refractivity contribution >= 4 is 34.7 Å². The summed E-state index contributed by atoms with van der Waals surface area (Å²) in [5.41, 5.74) is 3.76. The van der Waals surface area contributed by atoms with Crippen molar-refractivity contribution < 1.29 is 19.1 Å². The molecule has 1 aliphatic heterocycles. The summed E-state index contributed by atoms with van der Waals surface area (Å²) in [5, 5.41) is 0.460. The summed E-state index contributed by atoms with van der Waals surface area (Å²) in [5.74, 6) is -0.743. The lowest BCUT2D eigenvalue weighted by molar-refractivity contribution is -0.120. The maximum Gasteiger partial charge on any atom is 0.282 e. The summed E-state index contributed by atoms with van der Waals surface area (Å²) in [6.07, 6.45) is 0. The molecule has 1 heterocycles. The lowest BCUT2D eigenvalue weighted by atomic mass is 10.0. The molecule has 0 aromatic heterocycles. The third kappa shape index (κ3) is 4.82. The first-order chi connectivity index (χ1) is 14.9. The molecule has 164 valence electrons. The zero-order chi connectivity index (χ0) is 22.5. The number of nitrogens with zero attached hydrogens (tertiary/aromatic N) is 2. The number of ether oxygens (including phenoxy) is 2. The number of anilines is 1. The summed E-state index contributed by atoms with van der Waals surface area (Å²) in [6.45, 7) is 5.55. The molecule has 0 saturated carbocycles. The number of aryl methyl sites for hydroxylation is 2. The summed E-state index contributed by atoms with van der Waals surface area (Å²) in [6, 6.07) is 12.8. The summed E-state index contributed by atoms with van der Waals surface area (Å²) in [7, 11) is 3.21. The first-order valence-corrected chi connectivity index (χ1v) is 10.5. The highest BCUT2D eigenvalue weighted by molar-refractivity contribution is 6.45. The van der Waals surface area contributed by atoms with Gasteiger partial charge < -0.3 is 14.4 Å². The highest BCUT2D eigenvalue weighted by atomic mass is 35.5. The average Bonchev–Trinajstić information content (AvgIpc) is 3.01. The van der Waals surface area contributed by atoms with E-state index in [9.17, 15) is 9.59 Å². The second-order valence-electron chi connectivity index (χ2n) is 7.44. The smallest absolute Gasteiger partial charge is 0.282 e. The zero-order valence-electron chi connectivity index (χ0n) is 18.3. The van der Waals surface area contributed by atoms with Crippen molar-refractivity contribution in [1.82, 2.24) is 4.90 Å². The Morgan fingerprint density at radius 3 is 2.10 bits per heavy atom. The van der Waals surface area contributed by atoms with Gasteiger partial charge in [-0.2, -0.15) is 0 Å². The highest BCUT2D eigenvalue weighted by Gasteiger charge is 2.42. The van der Waals surface area contributed by atoms with Crippen molar-refractivity contribution in [3.05, 3.63) is 69.9 Å². The van der Waals surface area contributed by atoms with Crippen LogP contribution in [0.2, 0.25) is 5.02 Å². The molecule has 2 amide bonds. The number of hydrogen-bond acceptors (Lipinski definition) is 5. The van der Waals surface area contributed by atoms with E-state index < -0.39 is 0 Å². The van der Waals surface area contributed by atoms with Crippen LogP contribution in [0.3, 0.4) is 0 Å². The minimum absolute atomic E-state index is 0.349. The molecular weight excluding hydrogens is 416 g/mol. The largest absolute Gasteiger partial charge is 0.383 e. The molecule has 0 aliphatic carbocycles. The van der Waals surface area contributed by atoms with Gasteiger partial charge in [0, 0.05) is 32.3 Å². The van der Waals surface area contributed by atoms with Crippen LogP contribution in [0.4, 0.5) is 5.69 Å². The van der Waals surface area contributed by atoms with E-state index in [-0.39, 0.29) is 11.8 Å². The first kappa shape index (κ1) is 23.0. The van der Waals surface area contributed by atoms with E-state index in [0.717, 1.165) is 11.1 Å². The number of amides is 2. The van der Waals surface area contributed by atoms with Gasteiger partial charge in [-0.05, 0) is 37.1 Å². The van der Waals surface area contributed by atoms with Crippen molar-refractivity contribution in [1.29, 1.82) is 0 Å². The first-order valence-electron chi connectivity index (χ1n) is 10.1. The second kappa shape index (κ2) is 10.1. The van der Waals surface area contributed by atoms with E-state index in [1.54, 1.807) is 32.4 Å². The molecule has 3 rings (SSSR count). The minimum atomic E-state index is -0.377. The molecule has 0 saturated heterocycles. The van der Waals surface area contributed by atoms with Crippen LogP contribution in [0, 0.1) is 13.8 Å². The Hall–Kier alpha value is -2.67. The normalized spacial score (nSPS) is 14.0. The molecular formula is C24H27ClN2O4. The zero-order valence-corrected chi connectivity index (χ0v) is 19.0.